The van der Waals surface area contributed by atoms with Crippen molar-refractivity contribution < 1.29 is 13.5 Å². The number of hydrogen-bond donors (Lipinski definition) is 1. The third kappa shape index (κ3) is 2.96. The number of nitrogens with one attached hydrogen (secondary N) is 1. The van der Waals surface area contributed by atoms with E-state index in [1.807, 2.05) is 6.07 Å². The zero-order valence-electron chi connectivity index (χ0n) is 12.2. The molecule has 7 heteroatoms. The Bertz CT molecular complexity index is 794. The minimum absolute atomic E-state index is 0.253. The van der Waals surface area contributed by atoms with Gasteiger partial charge in [-0.2, -0.15) is 14.0 Å². The van der Waals surface area contributed by atoms with Gasteiger partial charge in [0.15, 0.2) is 5.69 Å². The molecule has 0 aliphatic carbocycles. The fraction of sp³-hybridized carbons (Fsp3) is 0.267. The number of ether oxygens (including phenoxy) is 1. The van der Waals surface area contributed by atoms with Gasteiger partial charge in [-0.25, -0.2) is 4.98 Å². The van der Waals surface area contributed by atoms with Crippen LogP contribution in [0.5, 0.6) is 11.5 Å². The SMILES string of the molecule is Cc1cc(C#N)cc(C)c1Oc1c(C(C)(F)F)nc[nH]c1=O. The number of aryl methyl sites for hydroxylation is 2. The summed E-state index contributed by atoms with van der Waals surface area (Å²) in [6, 6.07) is 5.10. The fourth-order valence-corrected chi connectivity index (χ4v) is 2.07. The number of H-pyrrole nitrogens is 1. The van der Waals surface area contributed by atoms with Crippen molar-refractivity contribution in [1.29, 1.82) is 5.26 Å². The van der Waals surface area contributed by atoms with Crippen LogP contribution in [0.15, 0.2) is 23.3 Å². The summed E-state index contributed by atoms with van der Waals surface area (Å²) in [5, 5.41) is 8.91. The van der Waals surface area contributed by atoms with Crippen molar-refractivity contribution in [2.75, 3.05) is 0 Å². The molecular weight excluding hydrogens is 292 g/mol. The van der Waals surface area contributed by atoms with E-state index in [2.05, 4.69) is 9.97 Å². The Balaban J connectivity index is 2.58. The van der Waals surface area contributed by atoms with E-state index in [0.29, 0.717) is 23.6 Å². The number of aromatic amines is 1. The maximum atomic E-state index is 13.6. The molecule has 0 radical (unpaired) electrons. The van der Waals surface area contributed by atoms with Crippen molar-refractivity contribution in [1.82, 2.24) is 9.97 Å². The smallest absolute Gasteiger partial charge is 0.294 e. The van der Waals surface area contributed by atoms with Crippen molar-refractivity contribution in [2.45, 2.75) is 26.7 Å². The topological polar surface area (TPSA) is 78.8 Å². The predicted molar refractivity (Wildman–Crippen MR) is 75.1 cm³/mol. The van der Waals surface area contributed by atoms with Crippen molar-refractivity contribution in [3.8, 4) is 17.6 Å². The monoisotopic (exact) mass is 305 g/mol. The van der Waals surface area contributed by atoms with Crippen LogP contribution in [0.3, 0.4) is 0 Å². The van der Waals surface area contributed by atoms with E-state index in [1.165, 1.54) is 0 Å². The van der Waals surface area contributed by atoms with E-state index >= 15 is 0 Å². The van der Waals surface area contributed by atoms with Crippen LogP contribution in [0.1, 0.15) is 29.3 Å². The van der Waals surface area contributed by atoms with Crippen LogP contribution in [-0.4, -0.2) is 9.97 Å². The van der Waals surface area contributed by atoms with Gasteiger partial charge in [0.1, 0.15) is 5.75 Å². The van der Waals surface area contributed by atoms with Crippen LogP contribution in [0.4, 0.5) is 8.78 Å². The third-order valence-corrected chi connectivity index (χ3v) is 3.02. The number of alkyl halides is 2. The van der Waals surface area contributed by atoms with Crippen molar-refractivity contribution in [2.24, 2.45) is 0 Å². The summed E-state index contributed by atoms with van der Waals surface area (Å²) in [6.45, 7) is 3.97. The van der Waals surface area contributed by atoms with Gasteiger partial charge in [0.25, 0.3) is 11.5 Å². The Morgan fingerprint density at radius 2 is 1.86 bits per heavy atom. The highest BCUT2D eigenvalue weighted by Gasteiger charge is 2.33. The van der Waals surface area contributed by atoms with Crippen LogP contribution in [0.25, 0.3) is 0 Å². The average molecular weight is 305 g/mol. The van der Waals surface area contributed by atoms with Gasteiger partial charge in [0, 0.05) is 6.92 Å². The highest BCUT2D eigenvalue weighted by atomic mass is 19.3. The van der Waals surface area contributed by atoms with Gasteiger partial charge in [-0.3, -0.25) is 4.79 Å². The molecule has 114 valence electrons. The molecule has 0 aliphatic heterocycles. The Morgan fingerprint density at radius 1 is 1.27 bits per heavy atom. The summed E-state index contributed by atoms with van der Waals surface area (Å²) in [5.74, 6) is -3.62. The molecule has 5 nitrogen and oxygen atoms in total. The van der Waals surface area contributed by atoms with Crippen LogP contribution >= 0.6 is 0 Å². The quantitative estimate of drug-likeness (QED) is 0.944. The molecule has 0 fully saturated rings. The van der Waals surface area contributed by atoms with E-state index < -0.39 is 22.9 Å². The summed E-state index contributed by atoms with van der Waals surface area (Å²) < 4.78 is 32.6. The number of halogens is 2. The zero-order valence-corrected chi connectivity index (χ0v) is 12.2. The second-order valence-electron chi connectivity index (χ2n) is 4.95. The molecule has 0 aliphatic rings. The Kier molecular flexibility index (Phi) is 3.95. The molecular formula is C15H13F2N3O2. The number of nitriles is 1. The normalized spacial score (nSPS) is 11.1. The minimum Gasteiger partial charge on any atom is -0.449 e. The summed E-state index contributed by atoms with van der Waals surface area (Å²) in [7, 11) is 0. The number of aromatic nitrogens is 2. The largest absolute Gasteiger partial charge is 0.449 e. The Hall–Kier alpha value is -2.75. The van der Waals surface area contributed by atoms with Crippen molar-refractivity contribution in [3.05, 3.63) is 51.2 Å². The lowest BCUT2D eigenvalue weighted by atomic mass is 10.1. The van der Waals surface area contributed by atoms with Gasteiger partial charge in [0.05, 0.1) is 18.0 Å². The molecule has 0 unspecified atom stereocenters. The molecule has 1 heterocycles. The highest BCUT2D eigenvalue weighted by Crippen LogP contribution is 2.35. The molecule has 1 aromatic heterocycles. The number of rotatable bonds is 3. The van der Waals surface area contributed by atoms with Gasteiger partial charge in [-0.1, -0.05) is 0 Å². The van der Waals surface area contributed by atoms with Gasteiger partial charge in [0.2, 0.25) is 5.75 Å². The summed E-state index contributed by atoms with van der Waals surface area (Å²) in [4.78, 5) is 17.6. The lowest BCUT2D eigenvalue weighted by Gasteiger charge is -2.16. The summed E-state index contributed by atoms with van der Waals surface area (Å²) in [6.07, 6.45) is 0.903. The molecule has 22 heavy (non-hydrogen) atoms. The number of hydrogen-bond acceptors (Lipinski definition) is 4. The van der Waals surface area contributed by atoms with Gasteiger partial charge in [-0.05, 0) is 37.1 Å². The molecule has 0 saturated carbocycles. The molecule has 2 aromatic rings. The van der Waals surface area contributed by atoms with Gasteiger partial charge < -0.3 is 9.72 Å². The maximum absolute atomic E-state index is 13.6. The van der Waals surface area contributed by atoms with Crippen LogP contribution < -0.4 is 10.3 Å². The third-order valence-electron chi connectivity index (χ3n) is 3.02. The lowest BCUT2D eigenvalue weighted by molar-refractivity contribution is 0.0103. The minimum atomic E-state index is -3.32. The van der Waals surface area contributed by atoms with Crippen molar-refractivity contribution in [3.63, 3.8) is 0 Å². The summed E-state index contributed by atoms with van der Waals surface area (Å²) in [5.41, 5.74) is 0.00734. The lowest BCUT2D eigenvalue weighted by Crippen LogP contribution is -2.20. The first-order valence-electron chi connectivity index (χ1n) is 6.39. The van der Waals surface area contributed by atoms with Crippen molar-refractivity contribution >= 4 is 0 Å². The van der Waals surface area contributed by atoms with Gasteiger partial charge in [-0.15, -0.1) is 0 Å². The van der Waals surface area contributed by atoms with E-state index in [0.717, 1.165) is 6.33 Å². The Morgan fingerprint density at radius 3 is 2.36 bits per heavy atom. The highest BCUT2D eigenvalue weighted by molar-refractivity contribution is 5.49. The maximum Gasteiger partial charge on any atom is 0.294 e. The second-order valence-corrected chi connectivity index (χ2v) is 4.95. The molecule has 0 amide bonds. The standard InChI is InChI=1S/C15H13F2N3O2/c1-8-4-10(6-18)5-9(2)11(8)22-12-13(15(3,16)17)19-7-20-14(12)21/h4-5,7H,1-3H3,(H,19,20,21). The van der Waals surface area contributed by atoms with Gasteiger partial charge >= 0.3 is 0 Å². The van der Waals surface area contributed by atoms with Crippen LogP contribution in [0, 0.1) is 25.2 Å². The number of benzene rings is 1. The molecule has 0 bridgehead atoms. The van der Waals surface area contributed by atoms with E-state index in [-0.39, 0.29) is 5.75 Å². The molecule has 1 aromatic carbocycles. The fourth-order valence-electron chi connectivity index (χ4n) is 2.07. The van der Waals surface area contributed by atoms with E-state index in [9.17, 15) is 13.6 Å². The average Bonchev–Trinajstić information content (AvgIpc) is 2.42. The molecule has 0 saturated heterocycles. The van der Waals surface area contributed by atoms with E-state index in [4.69, 9.17) is 10.00 Å². The molecule has 0 atom stereocenters. The predicted octanol–water partition coefficient (Wildman–Crippen LogP) is 3.16. The van der Waals surface area contributed by atoms with E-state index in [1.54, 1.807) is 26.0 Å². The summed E-state index contributed by atoms with van der Waals surface area (Å²) >= 11 is 0. The number of nitrogens with zero attached hydrogens (tertiary/aromatic N) is 2. The first-order chi connectivity index (χ1) is 10.2. The Labute approximate surface area is 125 Å². The first-order valence-corrected chi connectivity index (χ1v) is 6.39. The second kappa shape index (κ2) is 5.56. The van der Waals surface area contributed by atoms with Crippen LogP contribution in [0.2, 0.25) is 0 Å². The molecule has 0 spiro atoms. The molecule has 1 N–H and O–H groups in total. The first kappa shape index (κ1) is 15.6. The zero-order chi connectivity index (χ0) is 16.5. The molecule has 2 rings (SSSR count). The van der Waals surface area contributed by atoms with Crippen LogP contribution in [-0.2, 0) is 5.92 Å².